The van der Waals surface area contributed by atoms with Gasteiger partial charge in [0.05, 0.1) is 7.11 Å². The molecule has 9 heteroatoms. The Morgan fingerprint density at radius 1 is 1.41 bits per heavy atom. The van der Waals surface area contributed by atoms with Gasteiger partial charge in [0.2, 0.25) is 10.0 Å². The highest BCUT2D eigenvalue weighted by molar-refractivity contribution is 7.89. The summed E-state index contributed by atoms with van der Waals surface area (Å²) in [5.74, 6) is -7.14. The van der Waals surface area contributed by atoms with Crippen LogP contribution in [0.15, 0.2) is 29.2 Å². The fourth-order valence-corrected chi connectivity index (χ4v) is 3.94. The van der Waals surface area contributed by atoms with Gasteiger partial charge in [-0.2, -0.15) is 4.31 Å². The number of para-hydroxylation sites is 1. The number of carboxylic acid groups (broad SMARTS) is 1. The highest BCUT2D eigenvalue weighted by atomic mass is 32.2. The van der Waals surface area contributed by atoms with Crippen molar-refractivity contribution in [3.63, 3.8) is 0 Å². The number of piperidine rings is 1. The molecule has 1 aliphatic rings. The SMILES string of the molecule is COc1ccccc1S(=O)(=O)N1CCC(F)(F)C(C(=O)O)C1. The number of aliphatic carboxylic acids is 1. The molecule has 1 fully saturated rings. The number of sulfonamides is 1. The van der Waals surface area contributed by atoms with Gasteiger partial charge in [-0.05, 0) is 12.1 Å². The monoisotopic (exact) mass is 335 g/mol. The van der Waals surface area contributed by atoms with Crippen LogP contribution < -0.4 is 4.74 Å². The number of carbonyl (C=O) groups is 1. The summed E-state index contributed by atoms with van der Waals surface area (Å²) in [6, 6.07) is 5.77. The van der Waals surface area contributed by atoms with Gasteiger partial charge in [-0.15, -0.1) is 0 Å². The van der Waals surface area contributed by atoms with Crippen LogP contribution in [0, 0.1) is 5.92 Å². The number of halogens is 2. The normalized spacial score (nSPS) is 22.2. The first-order valence-corrected chi connectivity index (χ1v) is 7.88. The largest absolute Gasteiger partial charge is 0.495 e. The van der Waals surface area contributed by atoms with Crippen LogP contribution in [0.25, 0.3) is 0 Å². The summed E-state index contributed by atoms with van der Waals surface area (Å²) in [5, 5.41) is 8.90. The van der Waals surface area contributed by atoms with E-state index in [1.54, 1.807) is 6.07 Å². The van der Waals surface area contributed by atoms with Crippen LogP contribution in [0.1, 0.15) is 6.42 Å². The fourth-order valence-electron chi connectivity index (χ4n) is 2.32. The lowest BCUT2D eigenvalue weighted by Gasteiger charge is -2.35. The molecule has 0 saturated carbocycles. The van der Waals surface area contributed by atoms with E-state index in [-0.39, 0.29) is 10.6 Å². The van der Waals surface area contributed by atoms with E-state index >= 15 is 0 Å². The molecule has 22 heavy (non-hydrogen) atoms. The zero-order valence-electron chi connectivity index (χ0n) is 11.7. The summed E-state index contributed by atoms with van der Waals surface area (Å²) >= 11 is 0. The zero-order chi connectivity index (χ0) is 16.5. The van der Waals surface area contributed by atoms with Crippen LogP contribution in [0.2, 0.25) is 0 Å². The first-order valence-electron chi connectivity index (χ1n) is 6.44. The summed E-state index contributed by atoms with van der Waals surface area (Å²) in [7, 11) is -2.82. The van der Waals surface area contributed by atoms with Crippen molar-refractivity contribution in [3.8, 4) is 5.75 Å². The third-order valence-electron chi connectivity index (χ3n) is 3.58. The van der Waals surface area contributed by atoms with Crippen molar-refractivity contribution < 1.29 is 31.8 Å². The topological polar surface area (TPSA) is 83.9 Å². The molecule has 1 aromatic carbocycles. The van der Waals surface area contributed by atoms with E-state index in [4.69, 9.17) is 9.84 Å². The predicted molar refractivity (Wildman–Crippen MR) is 72.4 cm³/mol. The molecular weight excluding hydrogens is 320 g/mol. The zero-order valence-corrected chi connectivity index (χ0v) is 12.5. The lowest BCUT2D eigenvalue weighted by Crippen LogP contribution is -2.52. The molecule has 1 aliphatic heterocycles. The second-order valence-electron chi connectivity index (χ2n) is 4.92. The molecule has 1 unspecified atom stereocenters. The number of benzene rings is 1. The number of rotatable bonds is 4. The minimum atomic E-state index is -4.11. The van der Waals surface area contributed by atoms with Crippen LogP contribution in [0.3, 0.4) is 0 Å². The molecule has 6 nitrogen and oxygen atoms in total. The van der Waals surface area contributed by atoms with Crippen LogP contribution >= 0.6 is 0 Å². The Bertz CT molecular complexity index is 677. The second kappa shape index (κ2) is 5.81. The summed E-state index contributed by atoms with van der Waals surface area (Å²) in [5.41, 5.74) is 0. The van der Waals surface area contributed by atoms with Crippen LogP contribution in [-0.2, 0) is 14.8 Å². The number of hydrogen-bond donors (Lipinski definition) is 1. The van der Waals surface area contributed by atoms with E-state index in [9.17, 15) is 22.0 Å². The van der Waals surface area contributed by atoms with E-state index in [2.05, 4.69) is 0 Å². The molecule has 1 heterocycles. The van der Waals surface area contributed by atoms with E-state index < -0.39 is 47.3 Å². The van der Waals surface area contributed by atoms with E-state index in [1.165, 1.54) is 25.3 Å². The Kier molecular flexibility index (Phi) is 4.39. The standard InChI is InChI=1S/C13H15F2NO5S/c1-21-10-4-2-3-5-11(10)22(19,20)16-7-6-13(14,15)9(8-16)12(17)18/h2-5,9H,6-8H2,1H3,(H,17,18). The molecule has 1 N–H and O–H groups in total. The van der Waals surface area contributed by atoms with Crippen molar-refractivity contribution in [1.82, 2.24) is 4.31 Å². The average Bonchev–Trinajstić information content (AvgIpc) is 2.46. The van der Waals surface area contributed by atoms with Crippen LogP contribution in [0.4, 0.5) is 8.78 Å². The lowest BCUT2D eigenvalue weighted by molar-refractivity contribution is -0.163. The summed E-state index contributed by atoms with van der Waals surface area (Å²) in [4.78, 5) is 10.8. The molecule has 0 amide bonds. The summed E-state index contributed by atoms with van der Waals surface area (Å²) < 4.78 is 58.0. The molecule has 1 atom stereocenters. The lowest BCUT2D eigenvalue weighted by atomic mass is 9.95. The van der Waals surface area contributed by atoms with Gasteiger partial charge in [0, 0.05) is 19.5 Å². The third-order valence-corrected chi connectivity index (χ3v) is 5.48. The smallest absolute Gasteiger partial charge is 0.313 e. The minimum absolute atomic E-state index is 0.0757. The Hall–Kier alpha value is -1.74. The van der Waals surface area contributed by atoms with E-state index in [0.717, 1.165) is 4.31 Å². The van der Waals surface area contributed by atoms with Gasteiger partial charge in [-0.3, -0.25) is 4.79 Å². The molecule has 1 aromatic rings. The fraction of sp³-hybridized carbons (Fsp3) is 0.462. The highest BCUT2D eigenvalue weighted by Crippen LogP contribution is 2.37. The van der Waals surface area contributed by atoms with Crippen molar-refractivity contribution >= 4 is 16.0 Å². The Morgan fingerprint density at radius 2 is 2.05 bits per heavy atom. The van der Waals surface area contributed by atoms with Gasteiger partial charge >= 0.3 is 5.97 Å². The van der Waals surface area contributed by atoms with Crippen molar-refractivity contribution in [1.29, 1.82) is 0 Å². The van der Waals surface area contributed by atoms with Crippen molar-refractivity contribution in [2.75, 3.05) is 20.2 Å². The average molecular weight is 335 g/mol. The molecule has 2 rings (SSSR count). The van der Waals surface area contributed by atoms with Gasteiger partial charge < -0.3 is 9.84 Å². The predicted octanol–water partition coefficient (Wildman–Crippen LogP) is 1.43. The molecular formula is C13H15F2NO5S. The second-order valence-corrected chi connectivity index (χ2v) is 6.82. The molecule has 1 saturated heterocycles. The Morgan fingerprint density at radius 3 is 2.64 bits per heavy atom. The number of nitrogens with zero attached hydrogens (tertiary/aromatic N) is 1. The van der Waals surface area contributed by atoms with E-state index in [0.29, 0.717) is 0 Å². The number of carboxylic acids is 1. The molecule has 0 aromatic heterocycles. The maximum Gasteiger partial charge on any atom is 0.313 e. The number of alkyl halides is 2. The molecule has 0 spiro atoms. The van der Waals surface area contributed by atoms with E-state index in [1.807, 2.05) is 0 Å². The summed E-state index contributed by atoms with van der Waals surface area (Å²) in [6.07, 6.45) is -0.835. The quantitative estimate of drug-likeness (QED) is 0.900. The van der Waals surface area contributed by atoms with Crippen LogP contribution in [0.5, 0.6) is 5.75 Å². The van der Waals surface area contributed by atoms with Gasteiger partial charge in [-0.1, -0.05) is 12.1 Å². The molecule has 0 aliphatic carbocycles. The number of ether oxygens (including phenoxy) is 1. The maximum atomic E-state index is 13.6. The van der Waals surface area contributed by atoms with Gasteiger partial charge in [0.15, 0.2) is 0 Å². The maximum absolute atomic E-state index is 13.6. The number of methoxy groups -OCH3 is 1. The van der Waals surface area contributed by atoms with Gasteiger partial charge in [0.25, 0.3) is 5.92 Å². The first-order chi connectivity index (χ1) is 10.2. The molecule has 0 radical (unpaired) electrons. The van der Waals surface area contributed by atoms with Crippen molar-refractivity contribution in [2.45, 2.75) is 17.2 Å². The van der Waals surface area contributed by atoms with Gasteiger partial charge in [0.1, 0.15) is 16.6 Å². The third kappa shape index (κ3) is 2.91. The number of hydrogen-bond acceptors (Lipinski definition) is 4. The Labute approximate surface area is 126 Å². The van der Waals surface area contributed by atoms with Crippen molar-refractivity contribution in [3.05, 3.63) is 24.3 Å². The Balaban J connectivity index is 2.37. The minimum Gasteiger partial charge on any atom is -0.495 e. The summed E-state index contributed by atoms with van der Waals surface area (Å²) in [6.45, 7) is -1.22. The van der Waals surface area contributed by atoms with Crippen molar-refractivity contribution in [2.24, 2.45) is 5.92 Å². The highest BCUT2D eigenvalue weighted by Gasteiger charge is 2.51. The molecule has 122 valence electrons. The van der Waals surface area contributed by atoms with Gasteiger partial charge in [-0.25, -0.2) is 17.2 Å². The molecule has 0 bridgehead atoms. The van der Waals surface area contributed by atoms with Crippen LogP contribution in [-0.4, -0.2) is 49.9 Å². The first kappa shape index (κ1) is 16.6.